The van der Waals surface area contributed by atoms with Crippen LogP contribution >= 0.6 is 0 Å². The molecule has 0 spiro atoms. The molecule has 0 aromatic rings. The third-order valence-electron chi connectivity index (χ3n) is 3.14. The van der Waals surface area contributed by atoms with Crippen LogP contribution in [-0.2, 0) is 15.0 Å². The Morgan fingerprint density at radius 1 is 1.47 bits per heavy atom. The highest BCUT2D eigenvalue weighted by Crippen LogP contribution is 2.45. The Hall–Kier alpha value is -0.660. The van der Waals surface area contributed by atoms with E-state index in [0.29, 0.717) is 19.4 Å². The van der Waals surface area contributed by atoms with Gasteiger partial charge in [-0.25, -0.2) is 4.72 Å². The fourth-order valence-electron chi connectivity index (χ4n) is 1.46. The second kappa shape index (κ2) is 5.32. The van der Waals surface area contributed by atoms with Crippen molar-refractivity contribution >= 4 is 16.2 Å². The highest BCUT2D eigenvalue weighted by Gasteiger charge is 2.50. The summed E-state index contributed by atoms with van der Waals surface area (Å²) in [5.41, 5.74) is -0.862. The molecule has 0 unspecified atom stereocenters. The van der Waals surface area contributed by atoms with Gasteiger partial charge in [0.15, 0.2) is 0 Å². The number of nitrogens with one attached hydrogen (secondary N) is 1. The predicted molar refractivity (Wildman–Crippen MR) is 63.8 cm³/mol. The van der Waals surface area contributed by atoms with E-state index in [0.717, 1.165) is 12.8 Å². The van der Waals surface area contributed by atoms with Gasteiger partial charge in [0.2, 0.25) is 0 Å². The molecule has 1 aliphatic carbocycles. The molecule has 0 amide bonds. The van der Waals surface area contributed by atoms with Crippen molar-refractivity contribution in [3.63, 3.8) is 0 Å². The first-order chi connectivity index (χ1) is 7.84. The monoisotopic (exact) mass is 264 g/mol. The molecule has 0 radical (unpaired) electrons. The molecular formula is C10H20N2O4S. The Morgan fingerprint density at radius 2 is 2.06 bits per heavy atom. The molecule has 7 heteroatoms. The van der Waals surface area contributed by atoms with Crippen LogP contribution in [-0.4, -0.2) is 43.9 Å². The van der Waals surface area contributed by atoms with Gasteiger partial charge in [-0.3, -0.25) is 4.79 Å². The minimum absolute atomic E-state index is 0.0128. The van der Waals surface area contributed by atoms with Crippen LogP contribution in [0.1, 0.15) is 32.6 Å². The number of carboxylic acids is 1. The standard InChI is InChI=1S/C10H20N2O4S/c1-3-4-7-12(2)17(15,16)11-8-10(5-6-10)9(13)14/h11H,3-8H2,1-2H3,(H,13,14). The van der Waals surface area contributed by atoms with Gasteiger partial charge in [0.05, 0.1) is 5.41 Å². The summed E-state index contributed by atoms with van der Waals surface area (Å²) in [4.78, 5) is 10.9. The van der Waals surface area contributed by atoms with Crippen molar-refractivity contribution in [2.24, 2.45) is 5.41 Å². The van der Waals surface area contributed by atoms with Crippen molar-refractivity contribution in [2.75, 3.05) is 20.1 Å². The van der Waals surface area contributed by atoms with Crippen LogP contribution in [0.3, 0.4) is 0 Å². The Labute approximate surface area is 102 Å². The zero-order valence-corrected chi connectivity index (χ0v) is 11.1. The van der Waals surface area contributed by atoms with E-state index in [1.54, 1.807) is 0 Å². The molecule has 0 aliphatic heterocycles. The Morgan fingerprint density at radius 3 is 2.47 bits per heavy atom. The molecule has 100 valence electrons. The molecule has 6 nitrogen and oxygen atoms in total. The van der Waals surface area contributed by atoms with Crippen LogP contribution in [0.15, 0.2) is 0 Å². The van der Waals surface area contributed by atoms with Crippen LogP contribution in [0.25, 0.3) is 0 Å². The number of rotatable bonds is 8. The summed E-state index contributed by atoms with van der Waals surface area (Å²) in [7, 11) is -2.04. The van der Waals surface area contributed by atoms with Gasteiger partial charge < -0.3 is 5.11 Å². The molecule has 0 atom stereocenters. The molecule has 1 aliphatic rings. The number of carbonyl (C=O) groups is 1. The van der Waals surface area contributed by atoms with E-state index in [1.165, 1.54) is 11.4 Å². The van der Waals surface area contributed by atoms with E-state index < -0.39 is 21.6 Å². The van der Waals surface area contributed by atoms with E-state index in [-0.39, 0.29) is 6.54 Å². The van der Waals surface area contributed by atoms with Crippen molar-refractivity contribution in [2.45, 2.75) is 32.6 Å². The predicted octanol–water partition coefficient (Wildman–Crippen LogP) is 0.417. The maximum Gasteiger partial charge on any atom is 0.310 e. The first-order valence-corrected chi connectivity index (χ1v) is 7.22. The first kappa shape index (κ1) is 14.4. The van der Waals surface area contributed by atoms with Crippen LogP contribution in [0, 0.1) is 5.41 Å². The van der Waals surface area contributed by atoms with Gasteiger partial charge >= 0.3 is 5.97 Å². The maximum absolute atomic E-state index is 11.8. The molecular weight excluding hydrogens is 244 g/mol. The lowest BCUT2D eigenvalue weighted by molar-refractivity contribution is -0.143. The summed E-state index contributed by atoms with van der Waals surface area (Å²) in [6.07, 6.45) is 2.80. The molecule has 1 rings (SSSR count). The number of unbranched alkanes of at least 4 members (excludes halogenated alkanes) is 1. The fraction of sp³-hybridized carbons (Fsp3) is 0.900. The lowest BCUT2D eigenvalue weighted by Crippen LogP contribution is -2.42. The summed E-state index contributed by atoms with van der Waals surface area (Å²) >= 11 is 0. The van der Waals surface area contributed by atoms with Crippen LogP contribution in [0.4, 0.5) is 0 Å². The first-order valence-electron chi connectivity index (χ1n) is 5.78. The van der Waals surface area contributed by atoms with Gasteiger partial charge in [0, 0.05) is 20.1 Å². The Bertz CT molecular complexity index is 376. The maximum atomic E-state index is 11.8. The minimum Gasteiger partial charge on any atom is -0.481 e. The van der Waals surface area contributed by atoms with Crippen molar-refractivity contribution < 1.29 is 18.3 Å². The molecule has 0 heterocycles. The quantitative estimate of drug-likeness (QED) is 0.665. The fourth-order valence-corrected chi connectivity index (χ4v) is 2.51. The van der Waals surface area contributed by atoms with E-state index >= 15 is 0 Å². The normalized spacial score (nSPS) is 18.3. The van der Waals surface area contributed by atoms with E-state index in [1.807, 2.05) is 6.92 Å². The largest absolute Gasteiger partial charge is 0.481 e. The third kappa shape index (κ3) is 3.65. The number of carboxylic acid groups (broad SMARTS) is 1. The minimum atomic E-state index is -3.54. The average molecular weight is 264 g/mol. The lowest BCUT2D eigenvalue weighted by Gasteiger charge is -2.19. The topological polar surface area (TPSA) is 86.7 Å². The van der Waals surface area contributed by atoms with Gasteiger partial charge in [-0.15, -0.1) is 0 Å². The van der Waals surface area contributed by atoms with Crippen molar-refractivity contribution in [1.29, 1.82) is 0 Å². The summed E-state index contributed by atoms with van der Waals surface area (Å²) in [6, 6.07) is 0. The summed E-state index contributed by atoms with van der Waals surface area (Å²) < 4.78 is 27.1. The average Bonchev–Trinajstić information content (AvgIpc) is 3.04. The van der Waals surface area contributed by atoms with Gasteiger partial charge in [0.1, 0.15) is 0 Å². The van der Waals surface area contributed by atoms with E-state index in [4.69, 9.17) is 5.11 Å². The molecule has 17 heavy (non-hydrogen) atoms. The molecule has 0 bridgehead atoms. The van der Waals surface area contributed by atoms with Crippen LogP contribution in [0.5, 0.6) is 0 Å². The van der Waals surface area contributed by atoms with Gasteiger partial charge in [-0.2, -0.15) is 12.7 Å². The molecule has 1 fully saturated rings. The second-order valence-corrected chi connectivity index (χ2v) is 6.45. The van der Waals surface area contributed by atoms with Gasteiger partial charge in [0.25, 0.3) is 10.2 Å². The Kier molecular flexibility index (Phi) is 4.51. The highest BCUT2D eigenvalue weighted by atomic mass is 32.2. The number of aliphatic carboxylic acids is 1. The van der Waals surface area contributed by atoms with E-state index in [2.05, 4.69) is 4.72 Å². The Balaban J connectivity index is 2.47. The SMILES string of the molecule is CCCCN(C)S(=O)(=O)NCC1(C(=O)O)CC1. The molecule has 0 saturated heterocycles. The second-order valence-electron chi connectivity index (χ2n) is 4.59. The van der Waals surface area contributed by atoms with Gasteiger partial charge in [-0.1, -0.05) is 13.3 Å². The number of hydrogen-bond acceptors (Lipinski definition) is 3. The summed E-state index contributed by atoms with van der Waals surface area (Å²) in [6.45, 7) is 2.42. The number of nitrogens with zero attached hydrogens (tertiary/aromatic N) is 1. The van der Waals surface area contributed by atoms with Crippen LogP contribution < -0.4 is 4.72 Å². The van der Waals surface area contributed by atoms with Crippen LogP contribution in [0.2, 0.25) is 0 Å². The molecule has 2 N–H and O–H groups in total. The third-order valence-corrected chi connectivity index (χ3v) is 4.65. The van der Waals surface area contributed by atoms with Crippen molar-refractivity contribution in [3.05, 3.63) is 0 Å². The highest BCUT2D eigenvalue weighted by molar-refractivity contribution is 7.87. The molecule has 0 aromatic heterocycles. The summed E-state index contributed by atoms with van der Waals surface area (Å²) in [5, 5.41) is 8.93. The number of hydrogen-bond donors (Lipinski definition) is 2. The van der Waals surface area contributed by atoms with Crippen molar-refractivity contribution in [1.82, 2.24) is 9.03 Å². The lowest BCUT2D eigenvalue weighted by atomic mass is 10.1. The zero-order chi connectivity index (χ0) is 13.1. The smallest absolute Gasteiger partial charge is 0.310 e. The summed E-state index contributed by atoms with van der Waals surface area (Å²) in [5.74, 6) is -0.920. The van der Waals surface area contributed by atoms with Crippen molar-refractivity contribution in [3.8, 4) is 0 Å². The molecule has 1 saturated carbocycles. The molecule has 0 aromatic carbocycles. The van der Waals surface area contributed by atoms with E-state index in [9.17, 15) is 13.2 Å². The van der Waals surface area contributed by atoms with Gasteiger partial charge in [-0.05, 0) is 19.3 Å². The zero-order valence-electron chi connectivity index (χ0n) is 10.3.